The van der Waals surface area contributed by atoms with Crippen molar-refractivity contribution in [3.8, 4) is 0 Å². The molecule has 118 valence electrons. The number of benzene rings is 1. The smallest absolute Gasteiger partial charge is 0.0809 e. The Morgan fingerprint density at radius 1 is 1.33 bits per heavy atom. The summed E-state index contributed by atoms with van der Waals surface area (Å²) in [7, 11) is 1.72. The van der Waals surface area contributed by atoms with Gasteiger partial charge in [0.1, 0.15) is 0 Å². The number of hydrogen-bond acceptors (Lipinski definition) is 4. The Bertz CT molecular complexity index is 391. The molecule has 0 aromatic heterocycles. The van der Waals surface area contributed by atoms with Gasteiger partial charge in [0.15, 0.2) is 0 Å². The summed E-state index contributed by atoms with van der Waals surface area (Å²) in [4.78, 5) is 0. The largest absolute Gasteiger partial charge is 0.380 e. The third-order valence-electron chi connectivity index (χ3n) is 3.60. The fourth-order valence-electron chi connectivity index (χ4n) is 2.52. The van der Waals surface area contributed by atoms with E-state index < -0.39 is 0 Å². The molecule has 2 rings (SSSR count). The number of ether oxygens (including phenoxy) is 3. The average Bonchev–Trinajstić information content (AvgIpc) is 3.00. The Morgan fingerprint density at radius 2 is 2.24 bits per heavy atom. The highest BCUT2D eigenvalue weighted by Gasteiger charge is 2.14. The zero-order valence-electron chi connectivity index (χ0n) is 13.0. The molecule has 1 aromatic carbocycles. The zero-order chi connectivity index (χ0) is 14.8. The van der Waals surface area contributed by atoms with Gasteiger partial charge in [-0.05, 0) is 36.9 Å². The molecule has 1 aliphatic rings. The molecule has 0 radical (unpaired) electrons. The van der Waals surface area contributed by atoms with Crippen molar-refractivity contribution in [1.82, 2.24) is 5.32 Å². The standard InChI is InChI=1S/C17H27NO3/c1-19-13-16-6-2-5-15(11-16)12-18-8-4-9-20-14-17-7-3-10-21-17/h2,5-6,11,17-18H,3-4,7-10,12-14H2,1H3. The van der Waals surface area contributed by atoms with Crippen LogP contribution < -0.4 is 5.32 Å². The van der Waals surface area contributed by atoms with Crippen LogP contribution >= 0.6 is 0 Å². The van der Waals surface area contributed by atoms with Crippen LogP contribution in [0.1, 0.15) is 30.4 Å². The van der Waals surface area contributed by atoms with Gasteiger partial charge >= 0.3 is 0 Å². The van der Waals surface area contributed by atoms with Gasteiger partial charge in [-0.2, -0.15) is 0 Å². The minimum absolute atomic E-state index is 0.335. The van der Waals surface area contributed by atoms with E-state index in [9.17, 15) is 0 Å². The van der Waals surface area contributed by atoms with Crippen LogP contribution in [-0.2, 0) is 27.4 Å². The van der Waals surface area contributed by atoms with E-state index in [4.69, 9.17) is 14.2 Å². The summed E-state index contributed by atoms with van der Waals surface area (Å²) < 4.78 is 16.3. The Hall–Kier alpha value is -0.940. The van der Waals surface area contributed by atoms with Crippen molar-refractivity contribution in [2.45, 2.75) is 38.5 Å². The Morgan fingerprint density at radius 3 is 3.05 bits per heavy atom. The summed E-state index contributed by atoms with van der Waals surface area (Å²) in [5.41, 5.74) is 2.52. The van der Waals surface area contributed by atoms with Crippen LogP contribution in [0.15, 0.2) is 24.3 Å². The van der Waals surface area contributed by atoms with E-state index in [-0.39, 0.29) is 0 Å². The van der Waals surface area contributed by atoms with Gasteiger partial charge in [0.25, 0.3) is 0 Å². The lowest BCUT2D eigenvalue weighted by molar-refractivity contribution is 0.0166. The quantitative estimate of drug-likeness (QED) is 0.673. The van der Waals surface area contributed by atoms with Crippen LogP contribution in [0.2, 0.25) is 0 Å². The predicted molar refractivity (Wildman–Crippen MR) is 83.3 cm³/mol. The minimum atomic E-state index is 0.335. The molecule has 1 unspecified atom stereocenters. The highest BCUT2D eigenvalue weighted by molar-refractivity contribution is 5.22. The number of rotatable bonds is 10. The molecule has 4 heteroatoms. The molecule has 0 saturated carbocycles. The van der Waals surface area contributed by atoms with Gasteiger partial charge in [-0.15, -0.1) is 0 Å². The minimum Gasteiger partial charge on any atom is -0.380 e. The second-order valence-electron chi connectivity index (χ2n) is 5.49. The van der Waals surface area contributed by atoms with Crippen LogP contribution in [0.3, 0.4) is 0 Å². The monoisotopic (exact) mass is 293 g/mol. The van der Waals surface area contributed by atoms with Crippen LogP contribution in [0.25, 0.3) is 0 Å². The molecule has 0 bridgehead atoms. The molecule has 0 spiro atoms. The Kier molecular flexibility index (Phi) is 7.75. The number of methoxy groups -OCH3 is 1. The van der Waals surface area contributed by atoms with Gasteiger partial charge in [0.2, 0.25) is 0 Å². The number of hydrogen-bond donors (Lipinski definition) is 1. The summed E-state index contributed by atoms with van der Waals surface area (Å²) >= 11 is 0. The van der Waals surface area contributed by atoms with Crippen molar-refractivity contribution >= 4 is 0 Å². The first-order chi connectivity index (χ1) is 10.4. The van der Waals surface area contributed by atoms with Crippen molar-refractivity contribution in [3.63, 3.8) is 0 Å². The highest BCUT2D eigenvalue weighted by atomic mass is 16.5. The van der Waals surface area contributed by atoms with Crippen molar-refractivity contribution in [2.75, 3.05) is 33.5 Å². The molecule has 1 saturated heterocycles. The zero-order valence-corrected chi connectivity index (χ0v) is 13.0. The molecule has 0 amide bonds. The first-order valence-corrected chi connectivity index (χ1v) is 7.85. The molecule has 0 aliphatic carbocycles. The van der Waals surface area contributed by atoms with E-state index >= 15 is 0 Å². The molecule has 1 N–H and O–H groups in total. The SMILES string of the molecule is COCc1cccc(CNCCCOCC2CCCO2)c1. The molecule has 1 aromatic rings. The molecule has 1 atom stereocenters. The normalized spacial score (nSPS) is 18.2. The summed E-state index contributed by atoms with van der Waals surface area (Å²) in [6.07, 6.45) is 3.69. The van der Waals surface area contributed by atoms with Crippen LogP contribution in [0.4, 0.5) is 0 Å². The third kappa shape index (κ3) is 6.57. The van der Waals surface area contributed by atoms with Crippen LogP contribution in [-0.4, -0.2) is 39.6 Å². The summed E-state index contributed by atoms with van der Waals surface area (Å²) in [6, 6.07) is 8.49. The van der Waals surface area contributed by atoms with E-state index in [0.29, 0.717) is 12.7 Å². The molecule has 1 heterocycles. The third-order valence-corrected chi connectivity index (χ3v) is 3.60. The van der Waals surface area contributed by atoms with Crippen LogP contribution in [0, 0.1) is 0 Å². The summed E-state index contributed by atoms with van der Waals surface area (Å²) in [6.45, 7) is 4.99. The Balaban J connectivity index is 1.50. The summed E-state index contributed by atoms with van der Waals surface area (Å²) in [5, 5.41) is 3.45. The Labute approximate surface area is 127 Å². The molecule has 4 nitrogen and oxygen atoms in total. The molecule has 21 heavy (non-hydrogen) atoms. The molecular weight excluding hydrogens is 266 g/mol. The van der Waals surface area contributed by atoms with Crippen molar-refractivity contribution in [1.29, 1.82) is 0 Å². The topological polar surface area (TPSA) is 39.7 Å². The van der Waals surface area contributed by atoms with E-state index in [1.165, 1.54) is 17.5 Å². The van der Waals surface area contributed by atoms with Gasteiger partial charge in [-0.3, -0.25) is 0 Å². The molecule has 1 aliphatic heterocycles. The second kappa shape index (κ2) is 9.90. The van der Waals surface area contributed by atoms with Gasteiger partial charge in [0.05, 0.1) is 19.3 Å². The average molecular weight is 293 g/mol. The maximum absolute atomic E-state index is 5.64. The first kappa shape index (κ1) is 16.4. The summed E-state index contributed by atoms with van der Waals surface area (Å²) in [5.74, 6) is 0. The maximum atomic E-state index is 5.64. The van der Waals surface area contributed by atoms with Gasteiger partial charge < -0.3 is 19.5 Å². The molecular formula is C17H27NO3. The van der Waals surface area contributed by atoms with E-state index in [2.05, 4.69) is 29.6 Å². The van der Waals surface area contributed by atoms with Crippen molar-refractivity contribution in [3.05, 3.63) is 35.4 Å². The van der Waals surface area contributed by atoms with Gasteiger partial charge in [-0.1, -0.05) is 24.3 Å². The highest BCUT2D eigenvalue weighted by Crippen LogP contribution is 2.11. The number of nitrogens with one attached hydrogen (secondary N) is 1. The van der Waals surface area contributed by atoms with Crippen molar-refractivity contribution < 1.29 is 14.2 Å². The fourth-order valence-corrected chi connectivity index (χ4v) is 2.52. The van der Waals surface area contributed by atoms with Gasteiger partial charge in [0, 0.05) is 26.9 Å². The predicted octanol–water partition coefficient (Wildman–Crippen LogP) is 2.51. The lowest BCUT2D eigenvalue weighted by atomic mass is 10.1. The van der Waals surface area contributed by atoms with Crippen LogP contribution in [0.5, 0.6) is 0 Å². The lowest BCUT2D eigenvalue weighted by Gasteiger charge is -2.10. The van der Waals surface area contributed by atoms with Crippen molar-refractivity contribution in [2.24, 2.45) is 0 Å². The van der Waals surface area contributed by atoms with E-state index in [1.807, 2.05) is 0 Å². The lowest BCUT2D eigenvalue weighted by Crippen LogP contribution is -2.19. The van der Waals surface area contributed by atoms with E-state index in [1.54, 1.807) is 7.11 Å². The fraction of sp³-hybridized carbons (Fsp3) is 0.647. The van der Waals surface area contributed by atoms with Gasteiger partial charge in [-0.25, -0.2) is 0 Å². The van der Waals surface area contributed by atoms with E-state index in [0.717, 1.165) is 45.8 Å². The second-order valence-corrected chi connectivity index (χ2v) is 5.49. The first-order valence-electron chi connectivity index (χ1n) is 7.85. The maximum Gasteiger partial charge on any atom is 0.0809 e. The molecule has 1 fully saturated rings.